The van der Waals surface area contributed by atoms with E-state index in [9.17, 15) is 9.59 Å². The van der Waals surface area contributed by atoms with Crippen LogP contribution in [0.4, 0.5) is 4.79 Å². The molecular formula is C20H23N3O2. The second-order valence-electron chi connectivity index (χ2n) is 6.44. The van der Waals surface area contributed by atoms with Gasteiger partial charge in [0.1, 0.15) is 5.70 Å². The van der Waals surface area contributed by atoms with Gasteiger partial charge in [0.05, 0.1) is 5.69 Å². The quantitative estimate of drug-likeness (QED) is 0.687. The first-order chi connectivity index (χ1) is 11.8. The first kappa shape index (κ1) is 17.0. The van der Waals surface area contributed by atoms with Gasteiger partial charge in [-0.15, -0.1) is 0 Å². The Morgan fingerprint density at radius 1 is 1.08 bits per heavy atom. The number of benzene rings is 1. The lowest BCUT2D eigenvalue weighted by molar-refractivity contribution is -0.122. The smallest absolute Gasteiger partial charge is 0.317 e. The molecule has 2 aromatic rings. The Labute approximate surface area is 147 Å². The van der Waals surface area contributed by atoms with Crippen LogP contribution in [0, 0.1) is 27.7 Å². The number of imide groups is 1. The molecule has 0 atom stereocenters. The van der Waals surface area contributed by atoms with Crippen LogP contribution in [0.2, 0.25) is 0 Å². The molecule has 0 aliphatic carbocycles. The first-order valence-electron chi connectivity index (χ1n) is 8.45. The third-order valence-corrected chi connectivity index (χ3v) is 4.71. The van der Waals surface area contributed by atoms with Gasteiger partial charge in [0.2, 0.25) is 0 Å². The zero-order valence-corrected chi connectivity index (χ0v) is 15.3. The molecule has 5 heteroatoms. The number of hydrogen-bond donors (Lipinski definition) is 1. The molecule has 1 fully saturated rings. The standard InChI is InChI=1S/C20H23N3O2/c1-6-22-19(24)17(21-20(22)25)11-16-10-14(4)23(15(16)5)18-12(2)8-7-9-13(18)3/h7-11H,6H2,1-5H3,(H,21,25)/b17-11+. The van der Waals surface area contributed by atoms with E-state index >= 15 is 0 Å². The van der Waals surface area contributed by atoms with Gasteiger partial charge in [-0.1, -0.05) is 18.2 Å². The number of aryl methyl sites for hydroxylation is 3. The minimum atomic E-state index is -0.359. The molecule has 0 bridgehead atoms. The minimum absolute atomic E-state index is 0.274. The molecule has 0 radical (unpaired) electrons. The predicted octanol–water partition coefficient (Wildman–Crippen LogP) is 3.62. The van der Waals surface area contributed by atoms with Gasteiger partial charge in [0.25, 0.3) is 5.91 Å². The highest BCUT2D eigenvalue weighted by Crippen LogP contribution is 2.27. The van der Waals surface area contributed by atoms with Crippen molar-refractivity contribution < 1.29 is 9.59 Å². The molecule has 130 valence electrons. The third kappa shape index (κ3) is 2.76. The summed E-state index contributed by atoms with van der Waals surface area (Å²) in [5, 5.41) is 2.66. The normalized spacial score (nSPS) is 16.0. The van der Waals surface area contributed by atoms with Crippen molar-refractivity contribution >= 4 is 18.0 Å². The summed E-state index contributed by atoms with van der Waals surface area (Å²) in [5.74, 6) is -0.274. The lowest BCUT2D eigenvalue weighted by atomic mass is 10.1. The third-order valence-electron chi connectivity index (χ3n) is 4.71. The van der Waals surface area contributed by atoms with Crippen LogP contribution in [0.1, 0.15) is 35.0 Å². The van der Waals surface area contributed by atoms with Crippen molar-refractivity contribution in [1.82, 2.24) is 14.8 Å². The lowest BCUT2D eigenvalue weighted by Crippen LogP contribution is -2.30. The summed E-state index contributed by atoms with van der Waals surface area (Å²) < 4.78 is 2.20. The molecule has 3 amide bonds. The van der Waals surface area contributed by atoms with E-state index in [1.165, 1.54) is 21.7 Å². The molecule has 3 rings (SSSR count). The van der Waals surface area contributed by atoms with E-state index in [1.807, 2.05) is 19.9 Å². The number of aromatic nitrogens is 1. The Morgan fingerprint density at radius 3 is 2.28 bits per heavy atom. The molecule has 1 aliphatic rings. The number of carbonyl (C=O) groups is 2. The second-order valence-corrected chi connectivity index (χ2v) is 6.44. The maximum Gasteiger partial charge on any atom is 0.328 e. The number of rotatable bonds is 3. The number of likely N-dealkylation sites (N-methyl/N-ethyl adjacent to an activating group) is 1. The van der Waals surface area contributed by atoms with Gasteiger partial charge in [-0.3, -0.25) is 9.69 Å². The van der Waals surface area contributed by atoms with E-state index in [2.05, 4.69) is 41.9 Å². The lowest BCUT2D eigenvalue weighted by Gasteiger charge is -2.15. The van der Waals surface area contributed by atoms with Crippen molar-refractivity contribution in [2.75, 3.05) is 6.54 Å². The molecule has 1 saturated heterocycles. The highest BCUT2D eigenvalue weighted by atomic mass is 16.2. The van der Waals surface area contributed by atoms with E-state index in [1.54, 1.807) is 13.0 Å². The molecule has 1 N–H and O–H groups in total. The summed E-state index contributed by atoms with van der Waals surface area (Å²) in [5.41, 5.74) is 6.95. The molecular weight excluding hydrogens is 314 g/mol. The molecule has 0 spiro atoms. The Bertz CT molecular complexity index is 886. The number of nitrogens with one attached hydrogen (secondary N) is 1. The fraction of sp³-hybridized carbons (Fsp3) is 0.300. The topological polar surface area (TPSA) is 54.3 Å². The highest BCUT2D eigenvalue weighted by molar-refractivity contribution is 6.14. The maximum absolute atomic E-state index is 12.3. The second kappa shape index (κ2) is 6.24. The molecule has 5 nitrogen and oxygen atoms in total. The van der Waals surface area contributed by atoms with Gasteiger partial charge < -0.3 is 9.88 Å². The van der Waals surface area contributed by atoms with Gasteiger partial charge in [0, 0.05) is 17.9 Å². The summed E-state index contributed by atoms with van der Waals surface area (Å²) in [6.45, 7) is 10.4. The SMILES string of the molecule is CCN1C(=O)N/C(=C/c2cc(C)n(-c3c(C)cccc3C)c2C)C1=O. The van der Waals surface area contributed by atoms with Crippen molar-refractivity contribution in [1.29, 1.82) is 0 Å². The zero-order valence-electron chi connectivity index (χ0n) is 15.3. The number of nitrogens with zero attached hydrogens (tertiary/aromatic N) is 2. The van der Waals surface area contributed by atoms with Gasteiger partial charge in [-0.25, -0.2) is 4.79 Å². The first-order valence-corrected chi connectivity index (χ1v) is 8.45. The van der Waals surface area contributed by atoms with Crippen LogP contribution in [0.25, 0.3) is 11.8 Å². The largest absolute Gasteiger partial charge is 0.328 e. The molecule has 1 aromatic heterocycles. The van der Waals surface area contributed by atoms with Crippen LogP contribution >= 0.6 is 0 Å². The van der Waals surface area contributed by atoms with Crippen LogP contribution in [-0.2, 0) is 4.79 Å². The summed E-state index contributed by atoms with van der Waals surface area (Å²) >= 11 is 0. The summed E-state index contributed by atoms with van der Waals surface area (Å²) in [4.78, 5) is 25.3. The number of amides is 3. The minimum Gasteiger partial charge on any atom is -0.317 e. The summed E-state index contributed by atoms with van der Waals surface area (Å²) in [6, 6.07) is 7.93. The van der Waals surface area contributed by atoms with Crippen LogP contribution < -0.4 is 5.32 Å². The van der Waals surface area contributed by atoms with Gasteiger partial charge in [-0.2, -0.15) is 0 Å². The molecule has 1 aliphatic heterocycles. The van der Waals surface area contributed by atoms with Crippen molar-refractivity contribution in [2.24, 2.45) is 0 Å². The monoisotopic (exact) mass is 337 g/mol. The zero-order chi connectivity index (χ0) is 18.3. The summed E-state index contributed by atoms with van der Waals surface area (Å²) in [6.07, 6.45) is 1.77. The molecule has 1 aromatic carbocycles. The van der Waals surface area contributed by atoms with Crippen LogP contribution in [0.5, 0.6) is 0 Å². The van der Waals surface area contributed by atoms with E-state index in [-0.39, 0.29) is 11.9 Å². The number of urea groups is 1. The Kier molecular flexibility index (Phi) is 4.25. The van der Waals surface area contributed by atoms with E-state index < -0.39 is 0 Å². The Balaban J connectivity index is 2.09. The van der Waals surface area contributed by atoms with Crippen LogP contribution in [-0.4, -0.2) is 28.0 Å². The van der Waals surface area contributed by atoms with Crippen LogP contribution in [0.3, 0.4) is 0 Å². The predicted molar refractivity (Wildman–Crippen MR) is 98.6 cm³/mol. The fourth-order valence-electron chi connectivity index (χ4n) is 3.45. The Hall–Kier alpha value is -2.82. The van der Waals surface area contributed by atoms with Crippen molar-refractivity contribution in [3.8, 4) is 5.69 Å². The number of carbonyl (C=O) groups excluding carboxylic acids is 2. The molecule has 0 saturated carbocycles. The number of para-hydroxylation sites is 1. The highest BCUT2D eigenvalue weighted by Gasteiger charge is 2.32. The number of hydrogen-bond acceptors (Lipinski definition) is 2. The van der Waals surface area contributed by atoms with Gasteiger partial charge >= 0.3 is 6.03 Å². The average Bonchev–Trinajstić information content (AvgIpc) is 2.97. The summed E-state index contributed by atoms with van der Waals surface area (Å²) in [7, 11) is 0. The average molecular weight is 337 g/mol. The van der Waals surface area contributed by atoms with E-state index in [0.29, 0.717) is 12.2 Å². The molecule has 25 heavy (non-hydrogen) atoms. The molecule has 0 unspecified atom stereocenters. The fourth-order valence-corrected chi connectivity index (χ4v) is 3.45. The maximum atomic E-state index is 12.3. The van der Waals surface area contributed by atoms with E-state index in [4.69, 9.17) is 0 Å². The van der Waals surface area contributed by atoms with E-state index in [0.717, 1.165) is 17.0 Å². The van der Waals surface area contributed by atoms with Gasteiger partial charge in [0.15, 0.2) is 0 Å². The van der Waals surface area contributed by atoms with Crippen molar-refractivity contribution in [2.45, 2.75) is 34.6 Å². The van der Waals surface area contributed by atoms with Crippen molar-refractivity contribution in [3.63, 3.8) is 0 Å². The van der Waals surface area contributed by atoms with Gasteiger partial charge in [-0.05, 0) is 63.5 Å². The molecule has 2 heterocycles. The van der Waals surface area contributed by atoms with Crippen LogP contribution in [0.15, 0.2) is 30.0 Å². The van der Waals surface area contributed by atoms with Crippen molar-refractivity contribution in [3.05, 3.63) is 58.0 Å². The Morgan fingerprint density at radius 2 is 1.72 bits per heavy atom.